The van der Waals surface area contributed by atoms with E-state index in [4.69, 9.17) is 17.3 Å². The molecule has 0 atom stereocenters. The maximum absolute atomic E-state index is 11.2. The number of nitrogens with one attached hydrogen (secondary N) is 1. The highest BCUT2D eigenvalue weighted by atomic mass is 35.5. The van der Waals surface area contributed by atoms with Gasteiger partial charge in [-0.15, -0.1) is 0 Å². The molecule has 0 spiro atoms. The summed E-state index contributed by atoms with van der Waals surface area (Å²) in [6.07, 6.45) is 1.73. The van der Waals surface area contributed by atoms with Gasteiger partial charge in [-0.25, -0.2) is 9.48 Å². The van der Waals surface area contributed by atoms with Gasteiger partial charge < -0.3 is 11.1 Å². The highest BCUT2D eigenvalue weighted by Gasteiger charge is 2.13. The van der Waals surface area contributed by atoms with Gasteiger partial charge in [0.1, 0.15) is 5.69 Å². The smallest absolute Gasteiger partial charge is 0.316 e. The van der Waals surface area contributed by atoms with Gasteiger partial charge in [0.05, 0.1) is 17.6 Å². The first-order chi connectivity index (χ1) is 10.6. The molecule has 0 radical (unpaired) electrons. The molecule has 0 saturated heterocycles. The molecule has 0 aliphatic heterocycles. The number of nitrogens with zero attached hydrogens (tertiary/aromatic N) is 2. The summed E-state index contributed by atoms with van der Waals surface area (Å²) in [5.41, 5.74) is 8.12. The van der Waals surface area contributed by atoms with Gasteiger partial charge in [-0.1, -0.05) is 41.9 Å². The average molecular weight is 313 g/mol. The Morgan fingerprint density at radius 3 is 2.41 bits per heavy atom. The van der Waals surface area contributed by atoms with E-state index in [1.165, 1.54) is 0 Å². The topological polar surface area (TPSA) is 72.9 Å². The van der Waals surface area contributed by atoms with Crippen LogP contribution in [0.15, 0.2) is 60.8 Å². The van der Waals surface area contributed by atoms with Crippen LogP contribution in [-0.2, 0) is 0 Å². The number of aromatic nitrogens is 2. The van der Waals surface area contributed by atoms with Crippen molar-refractivity contribution in [3.8, 4) is 16.9 Å². The SMILES string of the molecule is NC(=O)Nc1cn(-c2ccccc2)nc1-c1ccc(Cl)cc1. The van der Waals surface area contributed by atoms with Crippen molar-refractivity contribution in [1.29, 1.82) is 0 Å². The summed E-state index contributed by atoms with van der Waals surface area (Å²) >= 11 is 5.91. The van der Waals surface area contributed by atoms with Crippen molar-refractivity contribution in [1.82, 2.24) is 9.78 Å². The van der Waals surface area contributed by atoms with Gasteiger partial charge in [-0.3, -0.25) is 0 Å². The fraction of sp³-hybridized carbons (Fsp3) is 0. The molecule has 0 aliphatic rings. The summed E-state index contributed by atoms with van der Waals surface area (Å²) in [4.78, 5) is 11.2. The van der Waals surface area contributed by atoms with Crippen molar-refractivity contribution in [3.05, 3.63) is 65.8 Å². The van der Waals surface area contributed by atoms with Crippen LogP contribution in [0.25, 0.3) is 16.9 Å². The van der Waals surface area contributed by atoms with Gasteiger partial charge in [0, 0.05) is 10.6 Å². The van der Waals surface area contributed by atoms with Gasteiger partial charge in [-0.05, 0) is 24.3 Å². The monoisotopic (exact) mass is 312 g/mol. The van der Waals surface area contributed by atoms with Crippen LogP contribution >= 0.6 is 11.6 Å². The van der Waals surface area contributed by atoms with E-state index in [1.54, 1.807) is 23.0 Å². The normalized spacial score (nSPS) is 10.4. The zero-order valence-electron chi connectivity index (χ0n) is 11.5. The number of hydrogen-bond donors (Lipinski definition) is 2. The third-order valence-electron chi connectivity index (χ3n) is 3.11. The Morgan fingerprint density at radius 1 is 1.09 bits per heavy atom. The Hall–Kier alpha value is -2.79. The minimum Gasteiger partial charge on any atom is -0.351 e. The van der Waals surface area contributed by atoms with Crippen LogP contribution in [0.1, 0.15) is 0 Å². The van der Waals surface area contributed by atoms with Crippen molar-refractivity contribution in [2.75, 3.05) is 5.32 Å². The number of rotatable bonds is 3. The number of urea groups is 1. The summed E-state index contributed by atoms with van der Waals surface area (Å²) in [6, 6.07) is 16.2. The second kappa shape index (κ2) is 5.91. The van der Waals surface area contributed by atoms with Gasteiger partial charge >= 0.3 is 6.03 Å². The Labute approximate surface area is 132 Å². The minimum atomic E-state index is -0.636. The van der Waals surface area contributed by atoms with Crippen LogP contribution in [0.2, 0.25) is 5.02 Å². The number of carbonyl (C=O) groups excluding carboxylic acids is 1. The molecule has 0 unspecified atom stereocenters. The molecule has 3 N–H and O–H groups in total. The van der Waals surface area contributed by atoms with E-state index in [0.29, 0.717) is 16.4 Å². The lowest BCUT2D eigenvalue weighted by Crippen LogP contribution is -2.19. The molecule has 2 aromatic carbocycles. The van der Waals surface area contributed by atoms with Crippen molar-refractivity contribution in [2.24, 2.45) is 5.73 Å². The van der Waals surface area contributed by atoms with E-state index >= 15 is 0 Å². The number of anilines is 1. The number of primary amides is 1. The van der Waals surface area contributed by atoms with E-state index in [9.17, 15) is 4.79 Å². The number of carbonyl (C=O) groups is 1. The Kier molecular flexibility index (Phi) is 3.80. The largest absolute Gasteiger partial charge is 0.351 e. The second-order valence-corrected chi connectivity index (χ2v) is 5.10. The number of halogens is 1. The van der Waals surface area contributed by atoms with Gasteiger partial charge in [-0.2, -0.15) is 5.10 Å². The number of hydrogen-bond acceptors (Lipinski definition) is 2. The predicted molar refractivity (Wildman–Crippen MR) is 87.2 cm³/mol. The standard InChI is InChI=1S/C16H13ClN4O/c17-12-8-6-11(7-9-12)15-14(19-16(18)22)10-21(20-15)13-4-2-1-3-5-13/h1-10H,(H3,18,19,22). The predicted octanol–water partition coefficient (Wildman–Crippen LogP) is 3.68. The molecule has 6 heteroatoms. The van der Waals surface area contributed by atoms with Crippen LogP contribution in [0.4, 0.5) is 10.5 Å². The fourth-order valence-corrected chi connectivity index (χ4v) is 2.26. The Balaban J connectivity index is 2.09. The zero-order valence-corrected chi connectivity index (χ0v) is 12.3. The lowest BCUT2D eigenvalue weighted by Gasteiger charge is -2.02. The zero-order chi connectivity index (χ0) is 15.5. The van der Waals surface area contributed by atoms with Crippen LogP contribution in [0.5, 0.6) is 0 Å². The highest BCUT2D eigenvalue weighted by molar-refractivity contribution is 6.30. The minimum absolute atomic E-state index is 0.540. The molecule has 0 saturated carbocycles. The number of para-hydroxylation sites is 1. The first-order valence-electron chi connectivity index (χ1n) is 6.61. The van der Waals surface area contributed by atoms with Crippen LogP contribution in [-0.4, -0.2) is 15.8 Å². The van der Waals surface area contributed by atoms with E-state index < -0.39 is 6.03 Å². The van der Waals surface area contributed by atoms with Gasteiger partial charge in [0.2, 0.25) is 0 Å². The maximum atomic E-state index is 11.2. The molecule has 5 nitrogen and oxygen atoms in total. The number of benzene rings is 2. The third-order valence-corrected chi connectivity index (χ3v) is 3.36. The van der Waals surface area contributed by atoms with E-state index in [1.807, 2.05) is 42.5 Å². The van der Waals surface area contributed by atoms with Crippen molar-refractivity contribution in [3.63, 3.8) is 0 Å². The number of nitrogens with two attached hydrogens (primary N) is 1. The first-order valence-corrected chi connectivity index (χ1v) is 6.99. The average Bonchev–Trinajstić information content (AvgIpc) is 2.92. The molecule has 0 fully saturated rings. The molecule has 1 aromatic heterocycles. The van der Waals surface area contributed by atoms with Crippen LogP contribution in [0, 0.1) is 0 Å². The van der Waals surface area contributed by atoms with E-state index in [0.717, 1.165) is 11.3 Å². The molecule has 22 heavy (non-hydrogen) atoms. The van der Waals surface area contributed by atoms with E-state index in [-0.39, 0.29) is 0 Å². The van der Waals surface area contributed by atoms with Crippen LogP contribution < -0.4 is 11.1 Å². The first kappa shape index (κ1) is 14.2. The lowest BCUT2D eigenvalue weighted by atomic mass is 10.1. The molecule has 3 rings (SSSR count). The molecule has 0 aliphatic carbocycles. The fourth-order valence-electron chi connectivity index (χ4n) is 2.13. The molecule has 0 bridgehead atoms. The second-order valence-electron chi connectivity index (χ2n) is 4.67. The van der Waals surface area contributed by atoms with Crippen LogP contribution in [0.3, 0.4) is 0 Å². The maximum Gasteiger partial charge on any atom is 0.316 e. The molecule has 2 amide bonds. The quantitative estimate of drug-likeness (QED) is 0.774. The summed E-state index contributed by atoms with van der Waals surface area (Å²) in [5, 5.41) is 7.77. The molecular formula is C16H13ClN4O. The molecule has 1 heterocycles. The lowest BCUT2D eigenvalue weighted by molar-refractivity contribution is 0.259. The van der Waals surface area contributed by atoms with Gasteiger partial charge in [0.15, 0.2) is 0 Å². The summed E-state index contributed by atoms with van der Waals surface area (Å²) < 4.78 is 1.69. The molecule has 3 aromatic rings. The Bertz CT molecular complexity index is 797. The highest BCUT2D eigenvalue weighted by Crippen LogP contribution is 2.28. The van der Waals surface area contributed by atoms with Crippen molar-refractivity contribution < 1.29 is 4.79 Å². The molecule has 110 valence electrons. The molecular weight excluding hydrogens is 300 g/mol. The van der Waals surface area contributed by atoms with Crippen molar-refractivity contribution in [2.45, 2.75) is 0 Å². The van der Waals surface area contributed by atoms with Crippen molar-refractivity contribution >= 4 is 23.3 Å². The summed E-state index contributed by atoms with van der Waals surface area (Å²) in [5.74, 6) is 0. The summed E-state index contributed by atoms with van der Waals surface area (Å²) in [6.45, 7) is 0. The van der Waals surface area contributed by atoms with E-state index in [2.05, 4.69) is 10.4 Å². The van der Waals surface area contributed by atoms with Gasteiger partial charge in [0.25, 0.3) is 0 Å². The number of amides is 2. The third kappa shape index (κ3) is 2.94. The Morgan fingerprint density at radius 2 is 1.77 bits per heavy atom. The summed E-state index contributed by atoms with van der Waals surface area (Å²) in [7, 11) is 0.